The van der Waals surface area contributed by atoms with Gasteiger partial charge in [-0.15, -0.1) is 0 Å². The Balaban J connectivity index is 0.000000336. The molecule has 0 unspecified atom stereocenters. The van der Waals surface area contributed by atoms with Crippen LogP contribution < -0.4 is 68.9 Å². The smallest absolute Gasteiger partial charge is 0.376 e. The molecule has 1 aliphatic heterocycles. The SMILES string of the molecule is CC1(C)CCCCO1.O=S(=O)(c1ccccc1)n1ccc2ccccc21.[CH3-].[Cs+]. The molecule has 1 aliphatic rings. The van der Waals surface area contributed by atoms with Gasteiger partial charge in [0.15, 0.2) is 0 Å². The minimum absolute atomic E-state index is 0. The summed E-state index contributed by atoms with van der Waals surface area (Å²) in [5.41, 5.74) is 0.875. The van der Waals surface area contributed by atoms with Crippen LogP contribution in [0.3, 0.4) is 0 Å². The van der Waals surface area contributed by atoms with Crippen LogP contribution >= 0.6 is 0 Å². The van der Waals surface area contributed by atoms with E-state index in [4.69, 9.17) is 4.74 Å². The quantitative estimate of drug-likeness (QED) is 0.489. The van der Waals surface area contributed by atoms with Gasteiger partial charge in [-0.2, -0.15) is 0 Å². The summed E-state index contributed by atoms with van der Waals surface area (Å²) in [6, 6.07) is 17.7. The van der Waals surface area contributed by atoms with Crippen molar-refractivity contribution in [3.8, 4) is 0 Å². The van der Waals surface area contributed by atoms with Crippen LogP contribution in [0.15, 0.2) is 71.8 Å². The van der Waals surface area contributed by atoms with Crippen molar-refractivity contribution in [1.29, 1.82) is 0 Å². The maximum absolute atomic E-state index is 12.5. The summed E-state index contributed by atoms with van der Waals surface area (Å²) in [6.07, 6.45) is 5.41. The number of fused-ring (bicyclic) bond motifs is 1. The van der Waals surface area contributed by atoms with Crippen molar-refractivity contribution >= 4 is 20.9 Å². The van der Waals surface area contributed by atoms with E-state index in [9.17, 15) is 8.42 Å². The van der Waals surface area contributed by atoms with Crippen molar-refractivity contribution in [1.82, 2.24) is 3.97 Å². The summed E-state index contributed by atoms with van der Waals surface area (Å²) >= 11 is 0. The third-order valence-electron chi connectivity index (χ3n) is 4.53. The molecule has 1 saturated heterocycles. The minimum Gasteiger partial charge on any atom is -0.376 e. The van der Waals surface area contributed by atoms with Crippen molar-refractivity contribution in [2.75, 3.05) is 6.61 Å². The van der Waals surface area contributed by atoms with Gasteiger partial charge in [-0.1, -0.05) is 36.4 Å². The van der Waals surface area contributed by atoms with E-state index in [1.807, 2.05) is 18.2 Å². The molecule has 0 bridgehead atoms. The molecule has 0 amide bonds. The first-order valence-electron chi connectivity index (χ1n) is 8.91. The van der Waals surface area contributed by atoms with Crippen molar-refractivity contribution in [3.63, 3.8) is 0 Å². The fourth-order valence-corrected chi connectivity index (χ4v) is 4.42. The number of hydrogen-bond acceptors (Lipinski definition) is 3. The average Bonchev–Trinajstić information content (AvgIpc) is 3.08. The predicted molar refractivity (Wildman–Crippen MR) is 111 cm³/mol. The molecule has 0 atom stereocenters. The molecule has 0 radical (unpaired) electrons. The van der Waals surface area contributed by atoms with Crippen molar-refractivity contribution in [2.45, 2.75) is 43.6 Å². The molecule has 0 aliphatic carbocycles. The Bertz CT molecular complexity index is 958. The standard InChI is InChI=1S/C14H11NO2S.C7H14O.CH3.Cs/c16-18(17,13-7-2-1-3-8-13)15-11-10-12-6-4-5-9-14(12)15;1-7(2)5-3-4-6-8-7;;/h1-11H;3-6H2,1-2H3;1H3;/q;;-1;+1. The Morgan fingerprint density at radius 1 is 0.929 bits per heavy atom. The Labute approximate surface area is 228 Å². The van der Waals surface area contributed by atoms with Crippen LogP contribution in [-0.2, 0) is 14.8 Å². The monoisotopic (exact) mass is 519 g/mol. The van der Waals surface area contributed by atoms with E-state index in [0.29, 0.717) is 10.4 Å². The van der Waals surface area contributed by atoms with Crippen molar-refractivity contribution < 1.29 is 82.0 Å². The molecule has 28 heavy (non-hydrogen) atoms. The first kappa shape index (κ1) is 26.0. The van der Waals surface area contributed by atoms with Crippen LogP contribution in [0.2, 0.25) is 0 Å². The Morgan fingerprint density at radius 2 is 1.57 bits per heavy atom. The largest absolute Gasteiger partial charge is 1.00 e. The summed E-state index contributed by atoms with van der Waals surface area (Å²) < 4.78 is 31.7. The van der Waals surface area contributed by atoms with Crippen LogP contribution in [-0.4, -0.2) is 24.6 Å². The fraction of sp³-hybridized carbons (Fsp3) is 0.318. The number of rotatable bonds is 2. The summed E-state index contributed by atoms with van der Waals surface area (Å²) in [5, 5.41) is 0.914. The number of nitrogens with zero attached hydrogens (tertiary/aromatic N) is 1. The summed E-state index contributed by atoms with van der Waals surface area (Å²) in [5.74, 6) is 0. The predicted octanol–water partition coefficient (Wildman–Crippen LogP) is 2.30. The average molecular weight is 519 g/mol. The molecular formula is C22H28CsNO3S. The first-order valence-corrected chi connectivity index (χ1v) is 10.3. The van der Waals surface area contributed by atoms with E-state index in [1.54, 1.807) is 48.7 Å². The molecule has 4 rings (SSSR count). The zero-order valence-electron chi connectivity index (χ0n) is 17.3. The van der Waals surface area contributed by atoms with Gasteiger partial charge in [0.05, 0.1) is 16.0 Å². The van der Waals surface area contributed by atoms with Gasteiger partial charge in [-0.25, -0.2) is 12.4 Å². The zero-order chi connectivity index (χ0) is 18.6. The fourth-order valence-electron chi connectivity index (χ4n) is 3.05. The van der Waals surface area contributed by atoms with E-state index in [-0.39, 0.29) is 81.9 Å². The molecular weight excluding hydrogens is 491 g/mol. The molecule has 2 aromatic carbocycles. The summed E-state index contributed by atoms with van der Waals surface area (Å²) in [7, 11) is -3.51. The molecule has 0 spiro atoms. The number of aromatic nitrogens is 1. The summed E-state index contributed by atoms with van der Waals surface area (Å²) in [4.78, 5) is 0.298. The first-order chi connectivity index (χ1) is 12.4. The second-order valence-corrected chi connectivity index (χ2v) is 8.87. The van der Waals surface area contributed by atoms with Crippen molar-refractivity contribution in [3.05, 3.63) is 74.3 Å². The number of hydrogen-bond donors (Lipinski definition) is 0. The third-order valence-corrected chi connectivity index (χ3v) is 6.23. The minimum atomic E-state index is -3.51. The van der Waals surface area contributed by atoms with E-state index >= 15 is 0 Å². The maximum atomic E-state index is 12.5. The molecule has 6 heteroatoms. The van der Waals surface area contributed by atoms with Gasteiger partial charge < -0.3 is 12.2 Å². The normalized spacial score (nSPS) is 15.5. The Kier molecular flexibility index (Phi) is 10.5. The van der Waals surface area contributed by atoms with E-state index in [0.717, 1.165) is 12.0 Å². The molecule has 4 nitrogen and oxygen atoms in total. The van der Waals surface area contributed by atoms with Crippen LogP contribution in [0.4, 0.5) is 0 Å². The van der Waals surface area contributed by atoms with Gasteiger partial charge in [0, 0.05) is 18.2 Å². The second-order valence-electron chi connectivity index (χ2n) is 7.05. The van der Waals surface area contributed by atoms with Crippen molar-refractivity contribution in [2.24, 2.45) is 0 Å². The summed E-state index contributed by atoms with van der Waals surface area (Å²) in [6.45, 7) is 5.28. The van der Waals surface area contributed by atoms with Gasteiger partial charge in [-0.3, -0.25) is 0 Å². The van der Waals surface area contributed by atoms with Gasteiger partial charge in [0.1, 0.15) is 0 Å². The molecule has 3 aromatic rings. The molecule has 0 saturated carbocycles. The molecule has 146 valence electrons. The second kappa shape index (κ2) is 11.4. The Hall–Kier alpha value is -0.0581. The number of benzene rings is 2. The maximum Gasteiger partial charge on any atom is 1.00 e. The third kappa shape index (κ3) is 6.47. The number of ether oxygens (including phenoxy) is 1. The van der Waals surface area contributed by atoms with Crippen LogP contribution in [0.25, 0.3) is 10.9 Å². The van der Waals surface area contributed by atoms with Gasteiger partial charge in [0.2, 0.25) is 0 Å². The zero-order valence-corrected chi connectivity index (χ0v) is 24.4. The number of para-hydroxylation sites is 1. The van der Waals surface area contributed by atoms with E-state index in [1.165, 1.54) is 23.2 Å². The van der Waals surface area contributed by atoms with Crippen LogP contribution in [0, 0.1) is 7.43 Å². The molecule has 1 fully saturated rings. The van der Waals surface area contributed by atoms with E-state index < -0.39 is 10.0 Å². The van der Waals surface area contributed by atoms with E-state index in [2.05, 4.69) is 13.8 Å². The van der Waals surface area contributed by atoms with Gasteiger partial charge in [0.25, 0.3) is 10.0 Å². The Morgan fingerprint density at radius 3 is 2.14 bits per heavy atom. The molecule has 1 aromatic heterocycles. The topological polar surface area (TPSA) is 48.3 Å². The van der Waals surface area contributed by atoms with Crippen LogP contribution in [0.5, 0.6) is 0 Å². The molecule has 0 N–H and O–H groups in total. The van der Waals surface area contributed by atoms with Gasteiger partial charge >= 0.3 is 68.9 Å². The van der Waals surface area contributed by atoms with Gasteiger partial charge in [-0.05, 0) is 57.4 Å². The van der Waals surface area contributed by atoms with Crippen LogP contribution in [0.1, 0.15) is 33.1 Å². The molecule has 2 heterocycles.